The van der Waals surface area contributed by atoms with Crippen LogP contribution in [-0.4, -0.2) is 54.3 Å². The van der Waals surface area contributed by atoms with Crippen molar-refractivity contribution in [3.63, 3.8) is 0 Å². The van der Waals surface area contributed by atoms with Crippen molar-refractivity contribution in [2.75, 3.05) is 38.0 Å². The van der Waals surface area contributed by atoms with Crippen LogP contribution in [0.15, 0.2) is 30.3 Å². The van der Waals surface area contributed by atoms with Gasteiger partial charge < -0.3 is 10.2 Å². The second-order valence-electron chi connectivity index (χ2n) is 6.50. The van der Waals surface area contributed by atoms with Crippen molar-refractivity contribution in [1.82, 2.24) is 9.80 Å². The number of carbonyl (C=O) groups is 2. The van der Waals surface area contributed by atoms with E-state index in [0.29, 0.717) is 12.5 Å². The molecule has 1 aromatic carbocycles. The van der Waals surface area contributed by atoms with Crippen LogP contribution < -0.4 is 5.32 Å². The summed E-state index contributed by atoms with van der Waals surface area (Å²) in [4.78, 5) is 28.6. The number of carbonyl (C=O) groups excluding carboxylic acids is 2. The van der Waals surface area contributed by atoms with E-state index in [0.717, 1.165) is 57.5 Å². The van der Waals surface area contributed by atoms with E-state index in [1.165, 1.54) is 0 Å². The molecule has 5 heteroatoms. The molecule has 1 N–H and O–H groups in total. The van der Waals surface area contributed by atoms with Crippen molar-refractivity contribution < 1.29 is 9.59 Å². The van der Waals surface area contributed by atoms with Gasteiger partial charge in [-0.3, -0.25) is 14.5 Å². The maximum Gasteiger partial charge on any atom is 0.238 e. The molecule has 0 radical (unpaired) electrons. The summed E-state index contributed by atoms with van der Waals surface area (Å²) in [6, 6.07) is 9.52. The van der Waals surface area contributed by atoms with Gasteiger partial charge in [0.2, 0.25) is 11.8 Å². The molecule has 1 aromatic rings. The SMILES string of the molecule is O=C(CN1CCC(C(=O)N2CCCC2)CC1)Nc1ccccc1. The smallest absolute Gasteiger partial charge is 0.238 e. The van der Waals surface area contributed by atoms with Crippen LogP contribution in [0.5, 0.6) is 0 Å². The Kier molecular flexibility index (Phi) is 5.28. The lowest BCUT2D eigenvalue weighted by atomic mass is 9.95. The minimum atomic E-state index is 0.0144. The Balaban J connectivity index is 1.42. The van der Waals surface area contributed by atoms with Gasteiger partial charge in [0.15, 0.2) is 0 Å². The second-order valence-corrected chi connectivity index (χ2v) is 6.50. The van der Waals surface area contributed by atoms with E-state index in [1.54, 1.807) is 0 Å². The van der Waals surface area contributed by atoms with Gasteiger partial charge in [0.05, 0.1) is 6.54 Å². The number of nitrogens with one attached hydrogen (secondary N) is 1. The van der Waals surface area contributed by atoms with Gasteiger partial charge in [0.25, 0.3) is 0 Å². The van der Waals surface area contributed by atoms with Gasteiger partial charge in [0, 0.05) is 24.7 Å². The number of rotatable bonds is 4. The quantitative estimate of drug-likeness (QED) is 0.924. The van der Waals surface area contributed by atoms with Gasteiger partial charge in [-0.1, -0.05) is 18.2 Å². The monoisotopic (exact) mass is 315 g/mol. The average Bonchev–Trinajstić information content (AvgIpc) is 3.10. The Morgan fingerprint density at radius 1 is 1.00 bits per heavy atom. The van der Waals surface area contributed by atoms with E-state index in [1.807, 2.05) is 35.2 Å². The number of benzene rings is 1. The van der Waals surface area contributed by atoms with Gasteiger partial charge in [0.1, 0.15) is 0 Å². The molecule has 0 unspecified atom stereocenters. The van der Waals surface area contributed by atoms with Crippen LogP contribution in [0, 0.1) is 5.92 Å². The molecule has 0 spiro atoms. The summed E-state index contributed by atoms with van der Waals surface area (Å²) in [6.07, 6.45) is 4.02. The highest BCUT2D eigenvalue weighted by Gasteiger charge is 2.30. The Bertz CT molecular complexity index is 532. The molecule has 2 fully saturated rings. The molecule has 124 valence electrons. The third-order valence-corrected chi connectivity index (χ3v) is 4.78. The Morgan fingerprint density at radius 3 is 2.30 bits per heavy atom. The summed E-state index contributed by atoms with van der Waals surface area (Å²) in [5.41, 5.74) is 0.830. The fourth-order valence-corrected chi connectivity index (χ4v) is 3.46. The van der Waals surface area contributed by atoms with E-state index < -0.39 is 0 Å². The summed E-state index contributed by atoms with van der Waals surface area (Å²) in [6.45, 7) is 3.91. The Hall–Kier alpha value is -1.88. The van der Waals surface area contributed by atoms with Crippen LogP contribution in [0.2, 0.25) is 0 Å². The number of nitrogens with zero attached hydrogens (tertiary/aromatic N) is 2. The first-order valence-corrected chi connectivity index (χ1v) is 8.58. The highest BCUT2D eigenvalue weighted by molar-refractivity contribution is 5.92. The lowest BCUT2D eigenvalue weighted by molar-refractivity contribution is -0.136. The van der Waals surface area contributed by atoms with Gasteiger partial charge in [-0.2, -0.15) is 0 Å². The zero-order valence-electron chi connectivity index (χ0n) is 13.5. The number of likely N-dealkylation sites (tertiary alicyclic amines) is 2. The van der Waals surface area contributed by atoms with Gasteiger partial charge >= 0.3 is 0 Å². The number of piperidine rings is 1. The zero-order valence-corrected chi connectivity index (χ0v) is 13.5. The maximum absolute atomic E-state index is 12.4. The van der Waals surface area contributed by atoms with E-state index in [4.69, 9.17) is 0 Å². The predicted octanol–water partition coefficient (Wildman–Crippen LogP) is 1.96. The molecule has 0 saturated carbocycles. The van der Waals surface area contributed by atoms with Gasteiger partial charge in [-0.25, -0.2) is 0 Å². The summed E-state index contributed by atoms with van der Waals surface area (Å²) in [7, 11) is 0. The molecule has 5 nitrogen and oxygen atoms in total. The molecule has 0 aromatic heterocycles. The van der Waals surface area contributed by atoms with E-state index in [9.17, 15) is 9.59 Å². The minimum absolute atomic E-state index is 0.0144. The molecule has 3 rings (SSSR count). The fraction of sp³-hybridized carbons (Fsp3) is 0.556. The molecule has 2 amide bonds. The van der Waals surface area contributed by atoms with E-state index >= 15 is 0 Å². The normalized spacial score (nSPS) is 19.7. The van der Waals surface area contributed by atoms with Gasteiger partial charge in [-0.05, 0) is 50.9 Å². The first-order chi connectivity index (χ1) is 11.2. The number of para-hydroxylation sites is 1. The summed E-state index contributed by atoms with van der Waals surface area (Å²) >= 11 is 0. The number of hydrogen-bond donors (Lipinski definition) is 1. The summed E-state index contributed by atoms with van der Waals surface area (Å²) in [5.74, 6) is 0.498. The van der Waals surface area contributed by atoms with Crippen molar-refractivity contribution in [3.8, 4) is 0 Å². The topological polar surface area (TPSA) is 52.7 Å². The lowest BCUT2D eigenvalue weighted by Gasteiger charge is -2.32. The number of anilines is 1. The third-order valence-electron chi connectivity index (χ3n) is 4.78. The predicted molar refractivity (Wildman–Crippen MR) is 90.0 cm³/mol. The van der Waals surface area contributed by atoms with Crippen LogP contribution >= 0.6 is 0 Å². The van der Waals surface area contributed by atoms with Crippen molar-refractivity contribution in [1.29, 1.82) is 0 Å². The molecule has 0 bridgehead atoms. The lowest BCUT2D eigenvalue weighted by Crippen LogP contribution is -2.43. The molecule has 2 aliphatic heterocycles. The third kappa shape index (κ3) is 4.32. The number of amides is 2. The van der Waals surface area contributed by atoms with Crippen molar-refractivity contribution in [2.24, 2.45) is 5.92 Å². The van der Waals surface area contributed by atoms with Crippen molar-refractivity contribution >= 4 is 17.5 Å². The summed E-state index contributed by atoms with van der Waals surface area (Å²) < 4.78 is 0. The van der Waals surface area contributed by atoms with Crippen LogP contribution in [0.1, 0.15) is 25.7 Å². The highest BCUT2D eigenvalue weighted by atomic mass is 16.2. The molecule has 23 heavy (non-hydrogen) atoms. The van der Waals surface area contributed by atoms with Crippen LogP contribution in [-0.2, 0) is 9.59 Å². The first-order valence-electron chi connectivity index (χ1n) is 8.58. The fourth-order valence-electron chi connectivity index (χ4n) is 3.46. The van der Waals surface area contributed by atoms with Crippen LogP contribution in [0.4, 0.5) is 5.69 Å². The molecule has 2 aliphatic rings. The standard InChI is InChI=1S/C18H25N3O2/c22-17(19-16-6-2-1-3-7-16)14-20-12-8-15(9-13-20)18(23)21-10-4-5-11-21/h1-3,6-7,15H,4-5,8-14H2,(H,19,22). The molecule has 2 saturated heterocycles. The molecule has 0 atom stereocenters. The van der Waals surface area contributed by atoms with E-state index in [-0.39, 0.29) is 11.8 Å². The highest BCUT2D eigenvalue weighted by Crippen LogP contribution is 2.22. The molecule has 2 heterocycles. The maximum atomic E-state index is 12.4. The van der Waals surface area contributed by atoms with Crippen LogP contribution in [0.25, 0.3) is 0 Å². The average molecular weight is 315 g/mol. The second kappa shape index (κ2) is 7.59. The van der Waals surface area contributed by atoms with Crippen LogP contribution in [0.3, 0.4) is 0 Å². The molecular formula is C18H25N3O2. The Morgan fingerprint density at radius 2 is 1.65 bits per heavy atom. The molecular weight excluding hydrogens is 290 g/mol. The van der Waals surface area contributed by atoms with Gasteiger partial charge in [-0.15, -0.1) is 0 Å². The van der Waals surface area contributed by atoms with E-state index in [2.05, 4.69) is 10.2 Å². The van der Waals surface area contributed by atoms with Crippen molar-refractivity contribution in [2.45, 2.75) is 25.7 Å². The zero-order chi connectivity index (χ0) is 16.1. The molecule has 0 aliphatic carbocycles. The van der Waals surface area contributed by atoms with Crippen molar-refractivity contribution in [3.05, 3.63) is 30.3 Å². The number of hydrogen-bond acceptors (Lipinski definition) is 3. The summed E-state index contributed by atoms with van der Waals surface area (Å²) in [5, 5.41) is 2.91. The first kappa shape index (κ1) is 16.0. The largest absolute Gasteiger partial charge is 0.342 e. The Labute approximate surface area is 137 Å². The minimum Gasteiger partial charge on any atom is -0.342 e.